The quantitative estimate of drug-likeness (QED) is 0.689. The summed E-state index contributed by atoms with van der Waals surface area (Å²) >= 11 is 0. The number of rotatable bonds is 2. The lowest BCUT2D eigenvalue weighted by atomic mass is 10.3. The van der Waals surface area contributed by atoms with Gasteiger partial charge in [-0.1, -0.05) is 0 Å². The van der Waals surface area contributed by atoms with E-state index in [0.29, 0.717) is 24.5 Å². The van der Waals surface area contributed by atoms with E-state index >= 15 is 0 Å². The predicted octanol–water partition coefficient (Wildman–Crippen LogP) is -0.0689. The number of aromatic nitrogens is 1. The Kier molecular flexibility index (Phi) is 2.22. The molecule has 1 saturated heterocycles. The van der Waals surface area contributed by atoms with Crippen molar-refractivity contribution < 1.29 is 9.53 Å². The normalized spacial score (nSPS) is 20.6. The molecule has 1 aromatic rings. The molecule has 0 bridgehead atoms. The number of ether oxygens (including phenoxy) is 1. The van der Waals surface area contributed by atoms with Crippen molar-refractivity contribution in [3.05, 3.63) is 18.3 Å². The number of amides is 1. The van der Waals surface area contributed by atoms with Gasteiger partial charge in [0.05, 0.1) is 5.69 Å². The van der Waals surface area contributed by atoms with Crippen LogP contribution in [0.3, 0.4) is 0 Å². The summed E-state index contributed by atoms with van der Waals surface area (Å²) in [5, 5.41) is 2.68. The van der Waals surface area contributed by atoms with Gasteiger partial charge >= 0.3 is 0 Å². The van der Waals surface area contributed by atoms with Crippen molar-refractivity contribution in [3.63, 3.8) is 0 Å². The Morgan fingerprint density at radius 1 is 1.64 bits per heavy atom. The van der Waals surface area contributed by atoms with Crippen LogP contribution in [-0.2, 0) is 4.79 Å². The number of nitrogens with two attached hydrogens (primary N) is 1. The first-order chi connectivity index (χ1) is 6.77. The van der Waals surface area contributed by atoms with Gasteiger partial charge in [0, 0.05) is 19.2 Å². The minimum absolute atomic E-state index is 0.102. The first-order valence-corrected chi connectivity index (χ1v) is 4.42. The lowest BCUT2D eigenvalue weighted by Gasteiger charge is -2.10. The second-order valence-electron chi connectivity index (χ2n) is 3.08. The first kappa shape index (κ1) is 8.80. The molecule has 1 unspecified atom stereocenters. The summed E-state index contributed by atoms with van der Waals surface area (Å²) in [6, 6.07) is 3.41. The molecular weight excluding hydrogens is 182 g/mol. The summed E-state index contributed by atoms with van der Waals surface area (Å²) < 4.78 is 5.37. The van der Waals surface area contributed by atoms with E-state index in [2.05, 4.69) is 10.3 Å². The van der Waals surface area contributed by atoms with Crippen LogP contribution in [0.5, 0.6) is 5.88 Å². The second-order valence-corrected chi connectivity index (χ2v) is 3.08. The van der Waals surface area contributed by atoms with Gasteiger partial charge in [-0.15, -0.1) is 0 Å². The topological polar surface area (TPSA) is 77.2 Å². The molecule has 5 nitrogen and oxygen atoms in total. The fourth-order valence-electron chi connectivity index (χ4n) is 1.32. The molecule has 5 heteroatoms. The number of anilines is 1. The molecular formula is C9H11N3O2. The van der Waals surface area contributed by atoms with Crippen LogP contribution in [0.1, 0.15) is 6.42 Å². The van der Waals surface area contributed by atoms with E-state index in [4.69, 9.17) is 10.5 Å². The summed E-state index contributed by atoms with van der Waals surface area (Å²) in [6.07, 6.45) is 1.79. The molecule has 1 aliphatic rings. The highest BCUT2D eigenvalue weighted by Crippen LogP contribution is 2.19. The van der Waals surface area contributed by atoms with Crippen LogP contribution in [0.2, 0.25) is 0 Å². The molecule has 2 heterocycles. The average molecular weight is 193 g/mol. The zero-order chi connectivity index (χ0) is 9.97. The third kappa shape index (κ3) is 1.61. The number of nitrogens with zero attached hydrogens (tertiary/aromatic N) is 1. The van der Waals surface area contributed by atoms with Gasteiger partial charge in [0.15, 0.2) is 6.10 Å². The molecule has 0 aromatic carbocycles. The van der Waals surface area contributed by atoms with Crippen LogP contribution < -0.4 is 15.8 Å². The fourth-order valence-corrected chi connectivity index (χ4v) is 1.32. The van der Waals surface area contributed by atoms with Gasteiger partial charge in [-0.05, 0) is 12.1 Å². The lowest BCUT2D eigenvalue weighted by molar-refractivity contribution is -0.125. The van der Waals surface area contributed by atoms with Crippen molar-refractivity contribution in [2.24, 2.45) is 0 Å². The van der Waals surface area contributed by atoms with Gasteiger partial charge in [-0.2, -0.15) is 0 Å². The summed E-state index contributed by atoms with van der Waals surface area (Å²) in [6.45, 7) is 0.649. The molecule has 0 radical (unpaired) electrons. The molecule has 1 atom stereocenters. The maximum Gasteiger partial charge on any atom is 0.261 e. The molecule has 1 fully saturated rings. The molecule has 0 aliphatic carbocycles. The van der Waals surface area contributed by atoms with E-state index < -0.39 is 6.10 Å². The van der Waals surface area contributed by atoms with Crippen LogP contribution in [-0.4, -0.2) is 23.5 Å². The SMILES string of the molecule is Nc1cccnc1OC1CCNC1=O. The summed E-state index contributed by atoms with van der Waals surface area (Å²) in [4.78, 5) is 15.1. The Morgan fingerprint density at radius 2 is 2.50 bits per heavy atom. The van der Waals surface area contributed by atoms with E-state index in [1.54, 1.807) is 18.3 Å². The molecule has 1 aromatic heterocycles. The van der Waals surface area contributed by atoms with Crippen LogP contribution >= 0.6 is 0 Å². The standard InChI is InChI=1S/C9H11N3O2/c10-6-2-1-4-12-9(6)14-7-3-5-11-8(7)13/h1-2,4,7H,3,5,10H2,(H,11,13). The molecule has 0 spiro atoms. The second kappa shape index (κ2) is 3.53. The molecule has 3 N–H and O–H groups in total. The Bertz CT molecular complexity index is 354. The maximum atomic E-state index is 11.2. The highest BCUT2D eigenvalue weighted by molar-refractivity contribution is 5.83. The average Bonchev–Trinajstić information content (AvgIpc) is 2.56. The van der Waals surface area contributed by atoms with Crippen molar-refractivity contribution in [1.29, 1.82) is 0 Å². The summed E-state index contributed by atoms with van der Waals surface area (Å²) in [7, 11) is 0. The minimum Gasteiger partial charge on any atom is -0.463 e. The van der Waals surface area contributed by atoms with Crippen molar-refractivity contribution in [2.45, 2.75) is 12.5 Å². The summed E-state index contributed by atoms with van der Waals surface area (Å²) in [5.74, 6) is 0.226. The molecule has 74 valence electrons. The number of nitrogens with one attached hydrogen (secondary N) is 1. The Balaban J connectivity index is 2.10. The maximum absolute atomic E-state index is 11.2. The molecule has 2 rings (SSSR count). The van der Waals surface area contributed by atoms with Gasteiger partial charge in [0.2, 0.25) is 5.88 Å². The molecule has 1 amide bonds. The van der Waals surface area contributed by atoms with Gasteiger partial charge in [-0.25, -0.2) is 4.98 Å². The van der Waals surface area contributed by atoms with E-state index in [1.165, 1.54) is 0 Å². The lowest BCUT2D eigenvalue weighted by Crippen LogP contribution is -2.28. The third-order valence-electron chi connectivity index (χ3n) is 2.05. The van der Waals surface area contributed by atoms with Crippen molar-refractivity contribution in [2.75, 3.05) is 12.3 Å². The Morgan fingerprint density at radius 3 is 3.14 bits per heavy atom. The number of carbonyl (C=O) groups is 1. The number of nitrogen functional groups attached to an aromatic ring is 1. The minimum atomic E-state index is -0.452. The monoisotopic (exact) mass is 193 g/mol. The zero-order valence-corrected chi connectivity index (χ0v) is 7.56. The number of hydrogen-bond donors (Lipinski definition) is 2. The van der Waals surface area contributed by atoms with Crippen molar-refractivity contribution in [3.8, 4) is 5.88 Å². The number of carbonyl (C=O) groups excluding carboxylic acids is 1. The fraction of sp³-hybridized carbons (Fsp3) is 0.333. The largest absolute Gasteiger partial charge is 0.463 e. The molecule has 0 saturated carbocycles. The number of pyridine rings is 1. The molecule has 14 heavy (non-hydrogen) atoms. The van der Waals surface area contributed by atoms with Gasteiger partial charge in [0.1, 0.15) is 0 Å². The third-order valence-corrected chi connectivity index (χ3v) is 2.05. The smallest absolute Gasteiger partial charge is 0.261 e. The van der Waals surface area contributed by atoms with Crippen LogP contribution in [0.25, 0.3) is 0 Å². The van der Waals surface area contributed by atoms with Crippen LogP contribution in [0.15, 0.2) is 18.3 Å². The molecule has 1 aliphatic heterocycles. The van der Waals surface area contributed by atoms with E-state index in [-0.39, 0.29) is 5.91 Å². The Labute approximate surface area is 81.3 Å². The highest BCUT2D eigenvalue weighted by Gasteiger charge is 2.26. The predicted molar refractivity (Wildman–Crippen MR) is 50.7 cm³/mol. The van der Waals surface area contributed by atoms with E-state index in [9.17, 15) is 4.79 Å². The zero-order valence-electron chi connectivity index (χ0n) is 7.56. The van der Waals surface area contributed by atoms with Gasteiger partial charge in [0.25, 0.3) is 5.91 Å². The van der Waals surface area contributed by atoms with Crippen molar-refractivity contribution >= 4 is 11.6 Å². The van der Waals surface area contributed by atoms with E-state index in [1.807, 2.05) is 0 Å². The number of hydrogen-bond acceptors (Lipinski definition) is 4. The van der Waals surface area contributed by atoms with Crippen LogP contribution in [0, 0.1) is 0 Å². The van der Waals surface area contributed by atoms with Crippen molar-refractivity contribution in [1.82, 2.24) is 10.3 Å². The van der Waals surface area contributed by atoms with Gasteiger partial charge in [-0.3, -0.25) is 4.79 Å². The van der Waals surface area contributed by atoms with E-state index in [0.717, 1.165) is 0 Å². The van der Waals surface area contributed by atoms with Crippen LogP contribution in [0.4, 0.5) is 5.69 Å². The van der Waals surface area contributed by atoms with Gasteiger partial charge < -0.3 is 15.8 Å². The Hall–Kier alpha value is -1.78. The highest BCUT2D eigenvalue weighted by atomic mass is 16.5. The first-order valence-electron chi connectivity index (χ1n) is 4.42. The summed E-state index contributed by atoms with van der Waals surface area (Å²) in [5.41, 5.74) is 6.08.